The summed E-state index contributed by atoms with van der Waals surface area (Å²) in [5, 5.41) is 0.205. The molecule has 0 bridgehead atoms. The van der Waals surface area contributed by atoms with E-state index < -0.39 is 0 Å². The number of halogens is 2. The fraction of sp³-hybridized carbons (Fsp3) is 0.250. The van der Waals surface area contributed by atoms with Crippen LogP contribution in [0.15, 0.2) is 18.2 Å². The van der Waals surface area contributed by atoms with Crippen molar-refractivity contribution in [2.45, 2.75) is 12.5 Å². The van der Waals surface area contributed by atoms with Crippen molar-refractivity contribution in [1.29, 1.82) is 0 Å². The maximum Gasteiger partial charge on any atom is 0.142 e. The molecule has 0 spiro atoms. The van der Waals surface area contributed by atoms with Crippen LogP contribution in [0.2, 0.25) is 5.02 Å². The van der Waals surface area contributed by atoms with Gasteiger partial charge in [0.05, 0.1) is 5.02 Å². The summed E-state index contributed by atoms with van der Waals surface area (Å²) in [5.74, 6) is -0.313. The van der Waals surface area contributed by atoms with Crippen molar-refractivity contribution >= 4 is 21.8 Å². The molecule has 0 amide bonds. The van der Waals surface area contributed by atoms with Gasteiger partial charge in [0.1, 0.15) is 5.82 Å². The smallest absolute Gasteiger partial charge is 0.142 e. The van der Waals surface area contributed by atoms with Gasteiger partial charge in [0, 0.05) is 10.2 Å². The lowest BCUT2D eigenvalue weighted by atomic mass is 10.1. The van der Waals surface area contributed by atoms with Crippen molar-refractivity contribution in [1.82, 2.24) is 0 Å². The highest BCUT2D eigenvalue weighted by molar-refractivity contribution is 6.30. The summed E-state index contributed by atoms with van der Waals surface area (Å²) in [4.78, 5) is 0. The van der Waals surface area contributed by atoms with E-state index in [1.165, 1.54) is 6.07 Å². The molecule has 0 saturated heterocycles. The highest BCUT2D eigenvalue weighted by Crippen LogP contribution is 2.19. The molecule has 0 nitrogen and oxygen atoms in total. The standard InChI is InChI=1S/C8H10ClFSi/c1-5(11)6-2-3-7(9)8(10)4-6/h2-5H,1,11H3. The van der Waals surface area contributed by atoms with Gasteiger partial charge in [-0.25, -0.2) is 4.39 Å². The molecule has 1 aromatic carbocycles. The zero-order valence-electron chi connectivity index (χ0n) is 6.57. The highest BCUT2D eigenvalue weighted by Gasteiger charge is 2.02. The van der Waals surface area contributed by atoms with Crippen LogP contribution in [-0.4, -0.2) is 10.2 Å². The van der Waals surface area contributed by atoms with Crippen LogP contribution in [0.4, 0.5) is 4.39 Å². The molecule has 1 atom stereocenters. The summed E-state index contributed by atoms with van der Waals surface area (Å²) in [6, 6.07) is 5.00. The molecule has 0 aliphatic heterocycles. The molecule has 0 saturated carbocycles. The van der Waals surface area contributed by atoms with E-state index in [1.807, 2.05) is 6.07 Å². The van der Waals surface area contributed by atoms with Crippen LogP contribution >= 0.6 is 11.6 Å². The summed E-state index contributed by atoms with van der Waals surface area (Å²) < 4.78 is 12.8. The molecule has 60 valence electrons. The van der Waals surface area contributed by atoms with E-state index in [-0.39, 0.29) is 10.8 Å². The van der Waals surface area contributed by atoms with Crippen LogP contribution in [0.5, 0.6) is 0 Å². The number of hydrogen-bond donors (Lipinski definition) is 0. The van der Waals surface area contributed by atoms with Gasteiger partial charge in [-0.3, -0.25) is 0 Å². The van der Waals surface area contributed by atoms with Gasteiger partial charge in [-0.1, -0.05) is 24.6 Å². The van der Waals surface area contributed by atoms with Gasteiger partial charge in [-0.05, 0) is 23.2 Å². The fourth-order valence-electron chi connectivity index (χ4n) is 0.871. The molecule has 0 N–H and O–H groups in total. The molecule has 0 aliphatic rings. The summed E-state index contributed by atoms with van der Waals surface area (Å²) in [6.07, 6.45) is 0. The highest BCUT2D eigenvalue weighted by atomic mass is 35.5. The summed E-state index contributed by atoms with van der Waals surface area (Å²) >= 11 is 5.52. The zero-order chi connectivity index (χ0) is 8.43. The molecule has 0 aliphatic carbocycles. The molecular formula is C8H10ClFSi. The number of benzene rings is 1. The SMILES string of the molecule is CC([SiH3])c1ccc(Cl)c(F)c1. The van der Waals surface area contributed by atoms with Crippen LogP contribution < -0.4 is 0 Å². The van der Waals surface area contributed by atoms with Crippen molar-refractivity contribution < 1.29 is 4.39 Å². The molecule has 1 aromatic rings. The molecule has 0 radical (unpaired) electrons. The lowest BCUT2D eigenvalue weighted by Crippen LogP contribution is -1.92. The molecule has 0 aromatic heterocycles. The Bertz CT molecular complexity index is 260. The average Bonchev–Trinajstić information content (AvgIpc) is 1.94. The Balaban J connectivity index is 3.05. The van der Waals surface area contributed by atoms with Crippen molar-refractivity contribution in [3.05, 3.63) is 34.6 Å². The van der Waals surface area contributed by atoms with Gasteiger partial charge >= 0.3 is 0 Å². The van der Waals surface area contributed by atoms with Gasteiger partial charge in [0.15, 0.2) is 0 Å². The van der Waals surface area contributed by atoms with Gasteiger partial charge in [0.2, 0.25) is 0 Å². The van der Waals surface area contributed by atoms with E-state index in [0.717, 1.165) is 15.8 Å². The third kappa shape index (κ3) is 2.04. The maximum atomic E-state index is 12.8. The van der Waals surface area contributed by atoms with Crippen LogP contribution in [0.1, 0.15) is 18.0 Å². The molecule has 0 fully saturated rings. The fourth-order valence-corrected chi connectivity index (χ4v) is 1.35. The molecule has 1 rings (SSSR count). The topological polar surface area (TPSA) is 0 Å². The van der Waals surface area contributed by atoms with Gasteiger partial charge in [-0.2, -0.15) is 0 Å². The van der Waals surface area contributed by atoms with E-state index in [4.69, 9.17) is 11.6 Å². The lowest BCUT2D eigenvalue weighted by molar-refractivity contribution is 0.626. The van der Waals surface area contributed by atoms with Crippen LogP contribution in [0, 0.1) is 5.82 Å². The summed E-state index contributed by atoms with van der Waals surface area (Å²) in [7, 11) is 1.04. The van der Waals surface area contributed by atoms with Gasteiger partial charge in [0.25, 0.3) is 0 Å². The Labute approximate surface area is 73.8 Å². The minimum absolute atomic E-state index is 0.205. The molecule has 1 unspecified atom stereocenters. The monoisotopic (exact) mass is 188 g/mol. The van der Waals surface area contributed by atoms with E-state index in [9.17, 15) is 4.39 Å². The van der Waals surface area contributed by atoms with Crippen molar-refractivity contribution in [3.8, 4) is 0 Å². The molecule has 0 heterocycles. The van der Waals surface area contributed by atoms with E-state index in [0.29, 0.717) is 5.54 Å². The second-order valence-electron chi connectivity index (χ2n) is 2.83. The van der Waals surface area contributed by atoms with Crippen LogP contribution in [0.3, 0.4) is 0 Å². The summed E-state index contributed by atoms with van der Waals surface area (Å²) in [6.45, 7) is 2.08. The van der Waals surface area contributed by atoms with Crippen molar-refractivity contribution in [3.63, 3.8) is 0 Å². The van der Waals surface area contributed by atoms with Gasteiger partial charge < -0.3 is 0 Å². The largest absolute Gasteiger partial charge is 0.205 e. The Morgan fingerprint density at radius 3 is 2.64 bits per heavy atom. The Kier molecular flexibility index (Phi) is 2.68. The maximum absolute atomic E-state index is 12.8. The van der Waals surface area contributed by atoms with E-state index in [2.05, 4.69) is 6.92 Å². The first-order valence-corrected chi connectivity index (χ1v) is 5.09. The quantitative estimate of drug-likeness (QED) is 0.591. The molecule has 3 heteroatoms. The summed E-state index contributed by atoms with van der Waals surface area (Å²) in [5.41, 5.74) is 1.53. The third-order valence-corrected chi connectivity index (χ3v) is 2.58. The molecule has 11 heavy (non-hydrogen) atoms. The van der Waals surface area contributed by atoms with E-state index >= 15 is 0 Å². The first-order chi connectivity index (χ1) is 5.11. The number of rotatable bonds is 1. The minimum Gasteiger partial charge on any atom is -0.205 e. The first kappa shape index (κ1) is 8.75. The Morgan fingerprint density at radius 2 is 2.18 bits per heavy atom. The minimum atomic E-state index is -0.313. The predicted molar refractivity (Wildman–Crippen MR) is 49.8 cm³/mol. The first-order valence-electron chi connectivity index (χ1n) is 3.56. The third-order valence-electron chi connectivity index (χ3n) is 1.61. The van der Waals surface area contributed by atoms with Crippen LogP contribution in [-0.2, 0) is 0 Å². The van der Waals surface area contributed by atoms with E-state index in [1.54, 1.807) is 6.07 Å². The Hall–Kier alpha value is -0.343. The average molecular weight is 189 g/mol. The zero-order valence-corrected chi connectivity index (χ0v) is 9.32. The Morgan fingerprint density at radius 1 is 1.55 bits per heavy atom. The second-order valence-corrected chi connectivity index (χ2v) is 4.97. The number of hydrogen-bond acceptors (Lipinski definition) is 0. The van der Waals surface area contributed by atoms with Crippen LogP contribution in [0.25, 0.3) is 0 Å². The lowest BCUT2D eigenvalue weighted by Gasteiger charge is -2.04. The van der Waals surface area contributed by atoms with Crippen molar-refractivity contribution in [2.24, 2.45) is 0 Å². The molecular weight excluding hydrogens is 179 g/mol. The predicted octanol–water partition coefficient (Wildman–Crippen LogP) is 1.91. The van der Waals surface area contributed by atoms with Crippen molar-refractivity contribution in [2.75, 3.05) is 0 Å². The second kappa shape index (κ2) is 3.37. The normalized spacial score (nSPS) is 13.4. The van der Waals surface area contributed by atoms with Gasteiger partial charge in [-0.15, -0.1) is 0 Å².